The molecule has 0 bridgehead atoms. The molecule has 0 radical (unpaired) electrons. The molecule has 8 nitrogen and oxygen atoms in total. The number of thiazole rings is 1. The standard InChI is InChI=1S/C35H34BrN5O3S/c1-37-35(43)26(15-23-7-11-27(36)12-8-23)16-32(42)30-4-2-3-29-31(13-14-44-34(29)30)40-18-28-17-38-21-41(28)20-24-5-9-25(10-6-24)33-19-39-22-45-33/h2-12,17,19,21-22,26,31,40H,13-16,18,20H2,1H3,(H,37,43)/t26-,31?/m1/s1. The number of Topliss-reactive ketones (excluding diaryl/α,β-unsaturated/α-hetero) is 1. The smallest absolute Gasteiger partial charge is 0.223 e. The van der Waals surface area contributed by atoms with Crippen LogP contribution in [0.5, 0.6) is 5.75 Å². The summed E-state index contributed by atoms with van der Waals surface area (Å²) >= 11 is 5.09. The zero-order valence-corrected chi connectivity index (χ0v) is 27.3. The van der Waals surface area contributed by atoms with E-state index in [0.29, 0.717) is 30.9 Å². The molecule has 2 aromatic heterocycles. The molecule has 5 aromatic rings. The van der Waals surface area contributed by atoms with Gasteiger partial charge in [0.05, 0.1) is 34.6 Å². The number of imidazole rings is 1. The quantitative estimate of drug-likeness (QED) is 0.144. The van der Waals surface area contributed by atoms with Gasteiger partial charge >= 0.3 is 0 Å². The van der Waals surface area contributed by atoms with Gasteiger partial charge in [0.2, 0.25) is 5.91 Å². The third-order valence-electron chi connectivity index (χ3n) is 8.17. The van der Waals surface area contributed by atoms with Gasteiger partial charge in [-0.2, -0.15) is 0 Å². The summed E-state index contributed by atoms with van der Waals surface area (Å²) in [4.78, 5) is 36.2. The second-order valence-corrected chi connectivity index (χ2v) is 12.9. The number of para-hydroxylation sites is 1. The number of nitrogens with zero attached hydrogens (tertiary/aromatic N) is 3. The highest BCUT2D eigenvalue weighted by Crippen LogP contribution is 2.36. The number of carbonyl (C=O) groups excluding carboxylic acids is 2. The first kappa shape index (κ1) is 30.9. The van der Waals surface area contributed by atoms with Crippen molar-refractivity contribution in [1.29, 1.82) is 0 Å². The highest BCUT2D eigenvalue weighted by Gasteiger charge is 2.29. The Morgan fingerprint density at radius 1 is 1.04 bits per heavy atom. The Labute approximate surface area is 275 Å². The lowest BCUT2D eigenvalue weighted by molar-refractivity contribution is -0.124. The Kier molecular flexibility index (Phi) is 9.83. The maximum Gasteiger partial charge on any atom is 0.223 e. The first-order valence-corrected chi connectivity index (χ1v) is 16.6. The van der Waals surface area contributed by atoms with Gasteiger partial charge in [0.15, 0.2) is 5.78 Å². The summed E-state index contributed by atoms with van der Waals surface area (Å²) in [6.45, 7) is 1.83. The summed E-state index contributed by atoms with van der Waals surface area (Å²) < 4.78 is 9.22. The third-order valence-corrected chi connectivity index (χ3v) is 9.52. The van der Waals surface area contributed by atoms with Gasteiger partial charge in [0, 0.05) is 67.4 Å². The van der Waals surface area contributed by atoms with E-state index in [0.717, 1.165) is 39.1 Å². The van der Waals surface area contributed by atoms with E-state index in [1.54, 1.807) is 24.5 Å². The van der Waals surface area contributed by atoms with E-state index < -0.39 is 5.92 Å². The molecule has 1 amide bonds. The van der Waals surface area contributed by atoms with Crippen LogP contribution in [0.4, 0.5) is 0 Å². The van der Waals surface area contributed by atoms with Gasteiger partial charge in [-0.25, -0.2) is 4.98 Å². The average molecular weight is 685 g/mol. The van der Waals surface area contributed by atoms with E-state index in [1.807, 2.05) is 60.6 Å². The van der Waals surface area contributed by atoms with Crippen LogP contribution in [0.2, 0.25) is 0 Å². The number of carbonyl (C=O) groups is 2. The number of halogens is 1. The second kappa shape index (κ2) is 14.3. The highest BCUT2D eigenvalue weighted by atomic mass is 79.9. The Morgan fingerprint density at radius 2 is 1.84 bits per heavy atom. The second-order valence-electron chi connectivity index (χ2n) is 11.1. The molecule has 230 valence electrons. The summed E-state index contributed by atoms with van der Waals surface area (Å²) in [6.07, 6.45) is 6.99. The van der Waals surface area contributed by atoms with Gasteiger partial charge in [-0.1, -0.05) is 64.5 Å². The minimum Gasteiger partial charge on any atom is -0.492 e. The van der Waals surface area contributed by atoms with E-state index in [9.17, 15) is 9.59 Å². The van der Waals surface area contributed by atoms with Crippen LogP contribution in [0.1, 0.15) is 51.6 Å². The highest BCUT2D eigenvalue weighted by molar-refractivity contribution is 9.10. The molecule has 45 heavy (non-hydrogen) atoms. The van der Waals surface area contributed by atoms with Gasteiger partial charge in [0.1, 0.15) is 5.75 Å². The van der Waals surface area contributed by atoms with Crippen molar-refractivity contribution in [1.82, 2.24) is 25.2 Å². The van der Waals surface area contributed by atoms with Crippen LogP contribution < -0.4 is 15.4 Å². The summed E-state index contributed by atoms with van der Waals surface area (Å²) in [5.41, 5.74) is 7.76. The molecular formula is C35H34BrN5O3S. The molecule has 1 aliphatic heterocycles. The maximum absolute atomic E-state index is 13.6. The number of rotatable bonds is 12. The van der Waals surface area contributed by atoms with Gasteiger partial charge in [-0.05, 0) is 41.3 Å². The van der Waals surface area contributed by atoms with Crippen LogP contribution in [0.15, 0.2) is 95.4 Å². The molecule has 3 aromatic carbocycles. The number of aromatic nitrogens is 3. The van der Waals surface area contributed by atoms with Gasteiger partial charge in [-0.3, -0.25) is 14.6 Å². The lowest BCUT2D eigenvalue weighted by Gasteiger charge is -2.28. The minimum absolute atomic E-state index is 0.0149. The summed E-state index contributed by atoms with van der Waals surface area (Å²) in [5.74, 6) is -0.122. The minimum atomic E-state index is -0.485. The number of ether oxygens (including phenoxy) is 1. The lowest BCUT2D eigenvalue weighted by Crippen LogP contribution is -2.31. The lowest BCUT2D eigenvalue weighted by atomic mass is 9.89. The third kappa shape index (κ3) is 7.41. The fraction of sp³-hybridized carbons (Fsp3) is 0.257. The molecule has 3 heterocycles. The number of hydrogen-bond acceptors (Lipinski definition) is 7. The molecule has 2 atom stereocenters. The molecule has 6 rings (SSSR count). The van der Waals surface area contributed by atoms with Gasteiger partial charge in [0.25, 0.3) is 0 Å². The molecule has 0 aliphatic carbocycles. The number of nitrogens with one attached hydrogen (secondary N) is 2. The van der Waals surface area contributed by atoms with Crippen molar-refractivity contribution in [3.63, 3.8) is 0 Å². The molecule has 0 fully saturated rings. The summed E-state index contributed by atoms with van der Waals surface area (Å²) in [5, 5.41) is 6.41. The predicted octanol–water partition coefficient (Wildman–Crippen LogP) is 6.61. The van der Waals surface area contributed by atoms with Gasteiger partial charge in [-0.15, -0.1) is 11.3 Å². The maximum atomic E-state index is 13.6. The molecule has 0 saturated heterocycles. The topological polar surface area (TPSA) is 98.1 Å². The van der Waals surface area contributed by atoms with E-state index in [1.165, 1.54) is 11.1 Å². The Hall–Kier alpha value is -4.12. The normalized spacial score (nSPS) is 14.8. The van der Waals surface area contributed by atoms with E-state index in [-0.39, 0.29) is 24.2 Å². The number of benzene rings is 3. The number of hydrogen-bond donors (Lipinski definition) is 2. The van der Waals surface area contributed by atoms with Crippen molar-refractivity contribution in [2.45, 2.75) is 38.4 Å². The largest absolute Gasteiger partial charge is 0.492 e. The average Bonchev–Trinajstić information content (AvgIpc) is 3.77. The molecule has 2 N–H and O–H groups in total. The van der Waals surface area contributed by atoms with Crippen molar-refractivity contribution in [2.24, 2.45) is 5.92 Å². The van der Waals surface area contributed by atoms with Crippen molar-refractivity contribution in [3.05, 3.63) is 123 Å². The number of amides is 1. The van der Waals surface area contributed by atoms with E-state index >= 15 is 0 Å². The van der Waals surface area contributed by atoms with Crippen LogP contribution in [0.3, 0.4) is 0 Å². The van der Waals surface area contributed by atoms with Gasteiger partial charge < -0.3 is 19.9 Å². The van der Waals surface area contributed by atoms with Crippen molar-refractivity contribution >= 4 is 39.0 Å². The van der Waals surface area contributed by atoms with Crippen LogP contribution in [0, 0.1) is 5.92 Å². The SMILES string of the molecule is CNC(=O)[C@@H](CC(=O)c1cccc2c1OCCC2NCc1cncn1Cc1ccc(-c2cncs2)cc1)Cc1ccc(Br)cc1. The fourth-order valence-corrected chi connectivity index (χ4v) is 6.65. The van der Waals surface area contributed by atoms with Crippen LogP contribution >= 0.6 is 27.3 Å². The zero-order chi connectivity index (χ0) is 31.2. The molecule has 10 heteroatoms. The van der Waals surface area contributed by atoms with Crippen molar-refractivity contribution in [3.8, 4) is 16.2 Å². The fourth-order valence-electron chi connectivity index (χ4n) is 5.75. The van der Waals surface area contributed by atoms with E-state index in [4.69, 9.17) is 4.74 Å². The number of fused-ring (bicyclic) bond motifs is 1. The molecule has 0 saturated carbocycles. The molecular weight excluding hydrogens is 650 g/mol. The first-order valence-electron chi connectivity index (χ1n) is 14.9. The van der Waals surface area contributed by atoms with Crippen molar-refractivity contribution < 1.29 is 14.3 Å². The van der Waals surface area contributed by atoms with Crippen LogP contribution in [-0.2, 0) is 24.3 Å². The summed E-state index contributed by atoms with van der Waals surface area (Å²) in [7, 11) is 1.61. The van der Waals surface area contributed by atoms with E-state index in [2.05, 4.69) is 65.4 Å². The predicted molar refractivity (Wildman–Crippen MR) is 179 cm³/mol. The van der Waals surface area contributed by atoms with Crippen LogP contribution in [-0.4, -0.2) is 39.9 Å². The Bertz CT molecular complexity index is 1750. The van der Waals surface area contributed by atoms with Crippen molar-refractivity contribution in [2.75, 3.05) is 13.7 Å². The molecule has 1 unspecified atom stereocenters. The van der Waals surface area contributed by atoms with Crippen LogP contribution in [0.25, 0.3) is 10.4 Å². The monoisotopic (exact) mass is 683 g/mol. The number of ketones is 1. The Balaban J connectivity index is 1.12. The molecule has 1 aliphatic rings. The first-order chi connectivity index (χ1) is 22.0. The summed E-state index contributed by atoms with van der Waals surface area (Å²) in [6, 6.07) is 22.1. The molecule has 0 spiro atoms. The Morgan fingerprint density at radius 3 is 2.60 bits per heavy atom. The zero-order valence-electron chi connectivity index (χ0n) is 24.9.